The molecule has 3 rings (SSSR count). The average Bonchev–Trinajstić information content (AvgIpc) is 3.36. The summed E-state index contributed by atoms with van der Waals surface area (Å²) < 4.78 is 31.7. The number of amides is 4. The smallest absolute Gasteiger partial charge is 0.313 e. The molecule has 0 saturated carbocycles. The second-order valence-electron chi connectivity index (χ2n) is 8.57. The van der Waals surface area contributed by atoms with Crippen molar-refractivity contribution < 1.29 is 32.0 Å². The quantitative estimate of drug-likeness (QED) is 0.163. The van der Waals surface area contributed by atoms with Crippen LogP contribution in [0.15, 0.2) is 75.1 Å². The predicted octanol–water partition coefficient (Wildman–Crippen LogP) is 1.57. The zero-order valence-electron chi connectivity index (χ0n) is 21.9. The van der Waals surface area contributed by atoms with Crippen molar-refractivity contribution in [2.75, 3.05) is 24.2 Å². The molecule has 0 aliphatic heterocycles. The predicted molar refractivity (Wildman–Crippen MR) is 147 cm³/mol. The van der Waals surface area contributed by atoms with Gasteiger partial charge in [-0.05, 0) is 55.5 Å². The van der Waals surface area contributed by atoms with E-state index in [-0.39, 0.29) is 23.1 Å². The molecule has 0 saturated heterocycles. The lowest BCUT2D eigenvalue weighted by Crippen LogP contribution is -2.36. The van der Waals surface area contributed by atoms with Gasteiger partial charge in [-0.25, -0.2) is 13.8 Å². The second kappa shape index (κ2) is 13.3. The third kappa shape index (κ3) is 8.61. The minimum absolute atomic E-state index is 0.0526. The summed E-state index contributed by atoms with van der Waals surface area (Å²) >= 11 is 0. The SMILES string of the molecule is CC(=O)Nc1ccc(S(=O)(=O)N(C)CC(=O)N/N=C\c2ccc(CNC(=O)C(=O)Nc3ccc(C)cc3)o2)cc1. The molecule has 210 valence electrons. The third-order valence-electron chi connectivity index (χ3n) is 5.25. The molecule has 4 N–H and O–H groups in total. The van der Waals surface area contributed by atoms with Crippen molar-refractivity contribution in [2.45, 2.75) is 25.3 Å². The highest BCUT2D eigenvalue weighted by molar-refractivity contribution is 7.89. The Morgan fingerprint density at radius 2 is 1.52 bits per heavy atom. The molecular formula is C26H28N6O7S. The Hall–Kier alpha value is -4.82. The molecule has 0 radical (unpaired) electrons. The van der Waals surface area contributed by atoms with Crippen LogP contribution in [0.2, 0.25) is 0 Å². The number of anilines is 2. The van der Waals surface area contributed by atoms with Gasteiger partial charge in [-0.15, -0.1) is 0 Å². The number of hydrogen-bond acceptors (Lipinski definition) is 8. The molecule has 1 heterocycles. The molecule has 4 amide bonds. The van der Waals surface area contributed by atoms with Gasteiger partial charge >= 0.3 is 11.8 Å². The van der Waals surface area contributed by atoms with Crippen LogP contribution in [0.25, 0.3) is 0 Å². The van der Waals surface area contributed by atoms with Crippen molar-refractivity contribution in [2.24, 2.45) is 5.10 Å². The fourth-order valence-electron chi connectivity index (χ4n) is 3.22. The van der Waals surface area contributed by atoms with Gasteiger partial charge in [0.15, 0.2) is 0 Å². The van der Waals surface area contributed by atoms with E-state index in [0.717, 1.165) is 9.87 Å². The van der Waals surface area contributed by atoms with Gasteiger partial charge in [0, 0.05) is 25.3 Å². The summed E-state index contributed by atoms with van der Waals surface area (Å²) in [6, 6.07) is 15.6. The summed E-state index contributed by atoms with van der Waals surface area (Å²) in [5.41, 5.74) is 4.16. The van der Waals surface area contributed by atoms with Gasteiger partial charge in [0.2, 0.25) is 15.9 Å². The van der Waals surface area contributed by atoms with E-state index in [9.17, 15) is 27.6 Å². The zero-order chi connectivity index (χ0) is 29.3. The monoisotopic (exact) mass is 568 g/mol. The van der Waals surface area contributed by atoms with Crippen LogP contribution in [0.5, 0.6) is 0 Å². The number of carbonyl (C=O) groups excluding carboxylic acids is 4. The molecule has 3 aromatic rings. The topological polar surface area (TPSA) is 179 Å². The van der Waals surface area contributed by atoms with Gasteiger partial charge in [-0.2, -0.15) is 9.41 Å². The van der Waals surface area contributed by atoms with Gasteiger partial charge < -0.3 is 20.4 Å². The second-order valence-corrected chi connectivity index (χ2v) is 10.6. The first-order valence-electron chi connectivity index (χ1n) is 11.8. The van der Waals surface area contributed by atoms with Crippen molar-refractivity contribution in [3.8, 4) is 0 Å². The van der Waals surface area contributed by atoms with E-state index >= 15 is 0 Å². The van der Waals surface area contributed by atoms with Gasteiger partial charge in [-0.3, -0.25) is 19.2 Å². The fourth-order valence-corrected chi connectivity index (χ4v) is 4.34. The fraction of sp³-hybridized carbons (Fsp3) is 0.192. The molecule has 0 spiro atoms. The van der Waals surface area contributed by atoms with Crippen LogP contribution in [0, 0.1) is 6.92 Å². The normalized spacial score (nSPS) is 11.3. The Bertz CT molecular complexity index is 1510. The number of benzene rings is 2. The van der Waals surface area contributed by atoms with Crippen molar-refractivity contribution in [1.82, 2.24) is 15.0 Å². The Morgan fingerprint density at radius 3 is 2.17 bits per heavy atom. The lowest BCUT2D eigenvalue weighted by atomic mass is 10.2. The molecule has 0 bridgehead atoms. The Morgan fingerprint density at radius 1 is 0.900 bits per heavy atom. The number of sulfonamides is 1. The Balaban J connectivity index is 1.45. The largest absolute Gasteiger partial charge is 0.458 e. The first kappa shape index (κ1) is 29.7. The van der Waals surface area contributed by atoms with E-state index < -0.39 is 34.3 Å². The highest BCUT2D eigenvalue weighted by Gasteiger charge is 2.23. The van der Waals surface area contributed by atoms with Crippen molar-refractivity contribution in [3.05, 3.63) is 77.7 Å². The Labute approximate surface area is 230 Å². The summed E-state index contributed by atoms with van der Waals surface area (Å²) in [5, 5.41) is 11.2. The van der Waals surface area contributed by atoms with E-state index in [1.807, 2.05) is 6.92 Å². The van der Waals surface area contributed by atoms with Crippen LogP contribution in [0.4, 0.5) is 11.4 Å². The van der Waals surface area contributed by atoms with Gasteiger partial charge in [-0.1, -0.05) is 17.7 Å². The number of aryl methyl sites for hydroxylation is 1. The molecule has 0 aliphatic carbocycles. The highest BCUT2D eigenvalue weighted by atomic mass is 32.2. The number of hydrogen-bond donors (Lipinski definition) is 4. The number of hydrazone groups is 1. The van der Waals surface area contributed by atoms with Crippen LogP contribution in [-0.2, 0) is 35.7 Å². The van der Waals surface area contributed by atoms with Crippen LogP contribution < -0.4 is 21.4 Å². The average molecular weight is 569 g/mol. The first-order valence-corrected chi connectivity index (χ1v) is 13.3. The lowest BCUT2D eigenvalue weighted by Gasteiger charge is -2.16. The maximum atomic E-state index is 12.7. The van der Waals surface area contributed by atoms with Crippen molar-refractivity contribution >= 4 is 51.2 Å². The molecule has 0 aliphatic rings. The van der Waals surface area contributed by atoms with Crippen LogP contribution in [0.1, 0.15) is 24.0 Å². The molecule has 2 aromatic carbocycles. The van der Waals surface area contributed by atoms with Crippen LogP contribution in [-0.4, -0.2) is 56.2 Å². The maximum Gasteiger partial charge on any atom is 0.313 e. The molecule has 1 aromatic heterocycles. The zero-order valence-corrected chi connectivity index (χ0v) is 22.7. The number of rotatable bonds is 10. The number of furan rings is 1. The van der Waals surface area contributed by atoms with Crippen molar-refractivity contribution in [3.63, 3.8) is 0 Å². The summed E-state index contributed by atoms with van der Waals surface area (Å²) in [4.78, 5) is 47.3. The van der Waals surface area contributed by atoms with E-state index in [4.69, 9.17) is 4.42 Å². The maximum absolute atomic E-state index is 12.7. The minimum Gasteiger partial charge on any atom is -0.458 e. The summed E-state index contributed by atoms with van der Waals surface area (Å²) in [7, 11) is -2.72. The molecule has 0 fully saturated rings. The standard InChI is InChI=1S/C26H28N6O7S/c1-17-4-6-20(7-5-17)30-26(36)25(35)27-14-21-10-11-22(39-21)15-28-31-24(34)16-32(3)40(37,38)23-12-8-19(9-13-23)29-18(2)33/h4-13,15H,14,16H2,1-3H3,(H,27,35)(H,29,33)(H,30,36)(H,31,34)/b28-15-. The molecule has 13 nitrogen and oxygen atoms in total. The molecule has 0 unspecified atom stereocenters. The van der Waals surface area contributed by atoms with E-state index in [2.05, 4.69) is 26.5 Å². The van der Waals surface area contributed by atoms with Gasteiger partial charge in [0.1, 0.15) is 11.5 Å². The molecule has 14 heteroatoms. The number of nitrogens with zero attached hydrogens (tertiary/aromatic N) is 2. The molecular weight excluding hydrogens is 540 g/mol. The first-order chi connectivity index (χ1) is 18.9. The highest BCUT2D eigenvalue weighted by Crippen LogP contribution is 2.17. The van der Waals surface area contributed by atoms with Gasteiger partial charge in [0.25, 0.3) is 5.91 Å². The number of carbonyl (C=O) groups is 4. The van der Waals surface area contributed by atoms with E-state index in [0.29, 0.717) is 17.1 Å². The number of likely N-dealkylation sites (N-methyl/N-ethyl adjacent to an activating group) is 1. The number of nitrogens with one attached hydrogen (secondary N) is 4. The lowest BCUT2D eigenvalue weighted by molar-refractivity contribution is -0.136. The minimum atomic E-state index is -3.97. The molecule has 0 atom stereocenters. The van der Waals surface area contributed by atoms with E-state index in [1.165, 1.54) is 50.5 Å². The summed E-state index contributed by atoms with van der Waals surface area (Å²) in [6.45, 7) is 2.67. The third-order valence-corrected chi connectivity index (χ3v) is 7.07. The van der Waals surface area contributed by atoms with E-state index in [1.54, 1.807) is 30.3 Å². The van der Waals surface area contributed by atoms with Crippen molar-refractivity contribution in [1.29, 1.82) is 0 Å². The van der Waals surface area contributed by atoms with Crippen LogP contribution >= 0.6 is 0 Å². The Kier molecular flexibility index (Phi) is 9.89. The van der Waals surface area contributed by atoms with Crippen LogP contribution in [0.3, 0.4) is 0 Å². The van der Waals surface area contributed by atoms with Gasteiger partial charge in [0.05, 0.1) is 24.2 Å². The molecule has 40 heavy (non-hydrogen) atoms. The summed E-state index contributed by atoms with van der Waals surface area (Å²) in [6.07, 6.45) is 1.20. The summed E-state index contributed by atoms with van der Waals surface area (Å²) in [5.74, 6) is -2.08.